The van der Waals surface area contributed by atoms with Crippen molar-refractivity contribution in [1.82, 2.24) is 4.90 Å². The second-order valence-electron chi connectivity index (χ2n) is 9.76. The van der Waals surface area contributed by atoms with Gasteiger partial charge in [0.1, 0.15) is 5.75 Å². The van der Waals surface area contributed by atoms with E-state index in [2.05, 4.69) is 23.1 Å². The van der Waals surface area contributed by atoms with Crippen LogP contribution in [0.15, 0.2) is 30.4 Å². The maximum absolute atomic E-state index is 13.5. The quantitative estimate of drug-likeness (QED) is 0.541. The van der Waals surface area contributed by atoms with E-state index < -0.39 is 40.5 Å². The maximum Gasteiger partial charge on any atom is 0.344 e. The molecule has 1 spiro atoms. The van der Waals surface area contributed by atoms with Crippen molar-refractivity contribution < 1.29 is 28.9 Å². The minimum atomic E-state index is -2.08. The van der Waals surface area contributed by atoms with Gasteiger partial charge in [-0.2, -0.15) is 0 Å². The molecule has 2 fully saturated rings. The fourth-order valence-electron chi connectivity index (χ4n) is 7.68. The number of carbonyl (C=O) groups is 2. The van der Waals surface area contributed by atoms with Gasteiger partial charge in [0.05, 0.1) is 20.3 Å². The average molecular weight is 457 g/mol. The lowest BCUT2D eigenvalue weighted by atomic mass is 9.47. The number of fused-ring (bicyclic) bond motifs is 1. The molecule has 1 aliphatic carbocycles. The molecule has 6 atom stereocenters. The number of nitrogens with zero attached hydrogens (tertiary/aromatic N) is 2. The Morgan fingerprint density at radius 1 is 1.24 bits per heavy atom. The third-order valence-corrected chi connectivity index (χ3v) is 8.62. The molecule has 0 radical (unpaired) electrons. The summed E-state index contributed by atoms with van der Waals surface area (Å²) in [5.74, 6) is -0.617. The highest BCUT2D eigenvalue weighted by atomic mass is 16.6. The van der Waals surface area contributed by atoms with Gasteiger partial charge >= 0.3 is 11.9 Å². The molecule has 1 saturated carbocycles. The van der Waals surface area contributed by atoms with Crippen molar-refractivity contribution in [2.75, 3.05) is 39.3 Å². The first kappa shape index (κ1) is 22.2. The molecule has 0 amide bonds. The normalized spacial score (nSPS) is 38.4. The zero-order valence-electron chi connectivity index (χ0n) is 19.8. The van der Waals surface area contributed by atoms with E-state index in [0.717, 1.165) is 30.8 Å². The van der Waals surface area contributed by atoms with E-state index in [0.29, 0.717) is 12.2 Å². The van der Waals surface area contributed by atoms with E-state index >= 15 is 0 Å². The molecule has 8 heteroatoms. The summed E-state index contributed by atoms with van der Waals surface area (Å²) in [6.45, 7) is 4.94. The number of anilines is 1. The number of likely N-dealkylation sites (N-methyl/N-ethyl adjacent to an activating group) is 1. The molecular weight excluding hydrogens is 424 g/mol. The summed E-state index contributed by atoms with van der Waals surface area (Å²) in [5, 5.41) is 12.5. The van der Waals surface area contributed by atoms with Crippen LogP contribution in [0.25, 0.3) is 0 Å². The molecule has 1 aromatic rings. The van der Waals surface area contributed by atoms with Crippen molar-refractivity contribution in [2.45, 2.75) is 55.9 Å². The molecule has 3 heterocycles. The molecule has 5 rings (SSSR count). The van der Waals surface area contributed by atoms with Gasteiger partial charge in [-0.05, 0) is 31.0 Å². The highest BCUT2D eigenvalue weighted by Crippen LogP contribution is 2.67. The molecule has 1 aromatic carbocycles. The van der Waals surface area contributed by atoms with Gasteiger partial charge in [-0.25, -0.2) is 4.79 Å². The van der Waals surface area contributed by atoms with Crippen molar-refractivity contribution in [1.29, 1.82) is 0 Å². The van der Waals surface area contributed by atoms with Crippen LogP contribution >= 0.6 is 0 Å². The van der Waals surface area contributed by atoms with Gasteiger partial charge in [-0.1, -0.05) is 25.1 Å². The largest absolute Gasteiger partial charge is 0.497 e. The van der Waals surface area contributed by atoms with E-state index in [9.17, 15) is 14.7 Å². The molecule has 8 nitrogen and oxygen atoms in total. The SMILES string of the molecule is CC[C@]12C=CCN3CC[C@]4(c5ccc(OC)cc5N(C)[C@H]4[C@](O)(C(=O)OC)[C@@H]1OC(C)=O)[C@H]32. The number of methoxy groups -OCH3 is 2. The predicted molar refractivity (Wildman–Crippen MR) is 121 cm³/mol. The van der Waals surface area contributed by atoms with Crippen LogP contribution in [0.1, 0.15) is 32.3 Å². The van der Waals surface area contributed by atoms with Crippen LogP contribution < -0.4 is 9.64 Å². The van der Waals surface area contributed by atoms with Crippen LogP contribution in [0.5, 0.6) is 5.75 Å². The second-order valence-corrected chi connectivity index (χ2v) is 9.76. The smallest absolute Gasteiger partial charge is 0.344 e. The van der Waals surface area contributed by atoms with Gasteiger partial charge in [0, 0.05) is 49.1 Å². The van der Waals surface area contributed by atoms with Crippen LogP contribution in [-0.2, 0) is 24.5 Å². The summed E-state index contributed by atoms with van der Waals surface area (Å²) in [5.41, 5.74) is -1.41. The first-order valence-electron chi connectivity index (χ1n) is 11.5. The van der Waals surface area contributed by atoms with Gasteiger partial charge in [0.15, 0.2) is 6.10 Å². The van der Waals surface area contributed by atoms with Crippen LogP contribution in [-0.4, -0.2) is 80.1 Å². The highest BCUT2D eigenvalue weighted by Gasteiger charge is 2.80. The Morgan fingerprint density at radius 2 is 2.00 bits per heavy atom. The zero-order valence-corrected chi connectivity index (χ0v) is 19.8. The van der Waals surface area contributed by atoms with Gasteiger partial charge in [0.2, 0.25) is 5.60 Å². The molecule has 0 aromatic heterocycles. The summed E-state index contributed by atoms with van der Waals surface area (Å²) in [7, 11) is 4.77. The van der Waals surface area contributed by atoms with Crippen molar-refractivity contribution in [3.05, 3.63) is 35.9 Å². The number of ether oxygens (including phenoxy) is 3. The fourth-order valence-corrected chi connectivity index (χ4v) is 7.68. The lowest BCUT2D eigenvalue weighted by molar-refractivity contribution is -0.228. The molecule has 1 saturated heterocycles. The Morgan fingerprint density at radius 3 is 2.64 bits per heavy atom. The van der Waals surface area contributed by atoms with Crippen LogP contribution in [0, 0.1) is 5.41 Å². The molecule has 0 unspecified atom stereocenters. The molecule has 0 bridgehead atoms. The van der Waals surface area contributed by atoms with E-state index in [1.807, 2.05) is 31.0 Å². The number of hydrogen-bond donors (Lipinski definition) is 1. The number of benzene rings is 1. The predicted octanol–water partition coefficient (Wildman–Crippen LogP) is 1.64. The highest BCUT2D eigenvalue weighted by molar-refractivity contribution is 5.87. The molecule has 178 valence electrons. The Bertz CT molecular complexity index is 1040. The Hall–Kier alpha value is -2.58. The van der Waals surface area contributed by atoms with Crippen molar-refractivity contribution >= 4 is 17.6 Å². The summed E-state index contributed by atoms with van der Waals surface area (Å²) >= 11 is 0. The molecule has 3 aliphatic heterocycles. The second kappa shape index (κ2) is 7.21. The Balaban J connectivity index is 1.86. The van der Waals surface area contributed by atoms with Gasteiger partial charge in [-0.3, -0.25) is 9.69 Å². The molecule has 33 heavy (non-hydrogen) atoms. The van der Waals surface area contributed by atoms with E-state index in [-0.39, 0.29) is 6.04 Å². The first-order chi connectivity index (χ1) is 15.7. The fraction of sp³-hybridized carbons (Fsp3) is 0.600. The first-order valence-corrected chi connectivity index (χ1v) is 11.5. The van der Waals surface area contributed by atoms with E-state index in [4.69, 9.17) is 14.2 Å². The lowest BCUT2D eigenvalue weighted by Crippen LogP contribution is -2.81. The van der Waals surface area contributed by atoms with E-state index in [1.165, 1.54) is 14.0 Å². The van der Waals surface area contributed by atoms with Crippen LogP contribution in [0.2, 0.25) is 0 Å². The van der Waals surface area contributed by atoms with Crippen molar-refractivity contribution in [3.8, 4) is 5.75 Å². The number of carbonyl (C=O) groups excluding carboxylic acids is 2. The molecule has 4 aliphatic rings. The van der Waals surface area contributed by atoms with E-state index in [1.54, 1.807) is 7.11 Å². The topological polar surface area (TPSA) is 88.5 Å². The zero-order chi connectivity index (χ0) is 23.8. The van der Waals surface area contributed by atoms with Gasteiger partial charge < -0.3 is 24.2 Å². The van der Waals surface area contributed by atoms with Crippen LogP contribution in [0.4, 0.5) is 5.69 Å². The maximum atomic E-state index is 13.5. The Labute approximate surface area is 194 Å². The summed E-state index contributed by atoms with van der Waals surface area (Å²) in [6.07, 6.45) is 4.40. The number of rotatable bonds is 4. The van der Waals surface area contributed by atoms with Gasteiger partial charge in [-0.15, -0.1) is 0 Å². The number of esters is 2. The standard InChI is InChI=1S/C25H32N2O6/c1-6-23-10-7-12-27-13-11-24(19(23)27)17-9-8-16(31-4)14-18(17)26(3)20(24)25(30,22(29)32-5)21(23)33-15(2)28/h7-10,14,19-21,30H,6,11-13H2,1-5H3/t19-,20-,21-,23-,24+,25-/m1/s1. The number of hydrogen-bond acceptors (Lipinski definition) is 8. The third kappa shape index (κ3) is 2.48. The van der Waals surface area contributed by atoms with Crippen molar-refractivity contribution in [3.63, 3.8) is 0 Å². The lowest BCUT2D eigenvalue weighted by Gasteiger charge is -2.63. The number of aliphatic hydroxyl groups is 1. The minimum absolute atomic E-state index is 0.0589. The molecule has 1 N–H and O–H groups in total. The van der Waals surface area contributed by atoms with Crippen molar-refractivity contribution in [2.24, 2.45) is 5.41 Å². The minimum Gasteiger partial charge on any atom is -0.497 e. The summed E-state index contributed by atoms with van der Waals surface area (Å²) < 4.78 is 16.6. The summed E-state index contributed by atoms with van der Waals surface area (Å²) in [4.78, 5) is 30.2. The van der Waals surface area contributed by atoms with Gasteiger partial charge in [0.25, 0.3) is 0 Å². The van der Waals surface area contributed by atoms with Crippen LogP contribution in [0.3, 0.4) is 0 Å². The monoisotopic (exact) mass is 456 g/mol. The Kier molecular flexibility index (Phi) is 4.85. The summed E-state index contributed by atoms with van der Waals surface area (Å²) in [6, 6.07) is 5.22. The third-order valence-electron chi connectivity index (χ3n) is 8.62. The molecular formula is C25H32N2O6. The average Bonchev–Trinajstić information content (AvgIpc) is 3.32.